The summed E-state index contributed by atoms with van der Waals surface area (Å²) in [5, 5.41) is 9.21. The summed E-state index contributed by atoms with van der Waals surface area (Å²) < 4.78 is 0. The summed E-state index contributed by atoms with van der Waals surface area (Å²) in [7, 11) is 0. The zero-order chi connectivity index (χ0) is 8.13. The van der Waals surface area contributed by atoms with Crippen molar-refractivity contribution in [3.63, 3.8) is 0 Å². The smallest absolute Gasteiger partial charge is 0.0462 e. The highest BCUT2D eigenvalue weighted by atomic mass is 16.3. The summed E-state index contributed by atoms with van der Waals surface area (Å²) in [5.74, 6) is 4.74. The van der Waals surface area contributed by atoms with Gasteiger partial charge < -0.3 is 5.11 Å². The second-order valence-corrected chi connectivity index (χ2v) is 5.10. The van der Waals surface area contributed by atoms with Crippen LogP contribution in [-0.2, 0) is 0 Å². The van der Waals surface area contributed by atoms with Gasteiger partial charge in [-0.1, -0.05) is 6.42 Å². The first kappa shape index (κ1) is 7.37. The second kappa shape index (κ2) is 2.47. The molecule has 1 N–H and O–H groups in total. The standard InChI is InChI=1S/C11H18O/c12-6-8-4-7-5-11(8)10-3-1-2-9(7)10/h7-12H,1-6H2/t7-,8-,9+,10+,11+/m0/s1. The van der Waals surface area contributed by atoms with Crippen LogP contribution in [0, 0.1) is 29.6 Å². The lowest BCUT2D eigenvalue weighted by Crippen LogP contribution is -2.26. The molecular weight excluding hydrogens is 148 g/mol. The third-order valence-corrected chi connectivity index (χ3v) is 4.80. The van der Waals surface area contributed by atoms with Crippen LogP contribution in [0.3, 0.4) is 0 Å². The van der Waals surface area contributed by atoms with E-state index in [1.165, 1.54) is 32.1 Å². The normalized spacial score (nSPS) is 56.2. The van der Waals surface area contributed by atoms with E-state index < -0.39 is 0 Å². The Kier molecular flexibility index (Phi) is 1.52. The number of hydrogen-bond donors (Lipinski definition) is 1. The number of rotatable bonds is 1. The Morgan fingerprint density at radius 3 is 2.67 bits per heavy atom. The molecule has 0 aromatic rings. The SMILES string of the molecule is OC[C@@H]1C[C@H]2C[C@H]1[C@@H]1CCC[C@H]21. The van der Waals surface area contributed by atoms with E-state index in [4.69, 9.17) is 0 Å². The van der Waals surface area contributed by atoms with Crippen LogP contribution in [0.5, 0.6) is 0 Å². The maximum Gasteiger partial charge on any atom is 0.0462 e. The van der Waals surface area contributed by atoms with Gasteiger partial charge >= 0.3 is 0 Å². The van der Waals surface area contributed by atoms with E-state index in [1.807, 2.05) is 0 Å². The van der Waals surface area contributed by atoms with Crippen molar-refractivity contribution in [2.24, 2.45) is 29.6 Å². The van der Waals surface area contributed by atoms with Crippen molar-refractivity contribution in [3.8, 4) is 0 Å². The number of fused-ring (bicyclic) bond motifs is 5. The van der Waals surface area contributed by atoms with Gasteiger partial charge in [0.25, 0.3) is 0 Å². The molecule has 0 saturated heterocycles. The van der Waals surface area contributed by atoms with Gasteiger partial charge in [-0.3, -0.25) is 0 Å². The maximum absolute atomic E-state index is 9.21. The molecule has 12 heavy (non-hydrogen) atoms. The Balaban J connectivity index is 1.83. The molecule has 2 bridgehead atoms. The number of aliphatic hydroxyl groups is 1. The van der Waals surface area contributed by atoms with Crippen molar-refractivity contribution in [3.05, 3.63) is 0 Å². The maximum atomic E-state index is 9.21. The molecule has 3 rings (SSSR count). The summed E-state index contributed by atoms with van der Waals surface area (Å²) >= 11 is 0. The number of hydrogen-bond acceptors (Lipinski definition) is 1. The van der Waals surface area contributed by atoms with Crippen LogP contribution < -0.4 is 0 Å². The van der Waals surface area contributed by atoms with Crippen molar-refractivity contribution in [2.45, 2.75) is 32.1 Å². The van der Waals surface area contributed by atoms with Crippen LogP contribution in [-0.4, -0.2) is 11.7 Å². The molecule has 0 spiro atoms. The van der Waals surface area contributed by atoms with E-state index in [1.54, 1.807) is 0 Å². The van der Waals surface area contributed by atoms with Crippen LogP contribution in [0.4, 0.5) is 0 Å². The minimum absolute atomic E-state index is 0.463. The Labute approximate surface area is 74.2 Å². The topological polar surface area (TPSA) is 20.2 Å². The van der Waals surface area contributed by atoms with Gasteiger partial charge in [0.1, 0.15) is 0 Å². The van der Waals surface area contributed by atoms with Crippen molar-refractivity contribution in [1.29, 1.82) is 0 Å². The van der Waals surface area contributed by atoms with E-state index in [9.17, 15) is 5.11 Å². The Bertz CT molecular complexity index is 187. The molecule has 0 aromatic heterocycles. The van der Waals surface area contributed by atoms with Crippen LogP contribution in [0.15, 0.2) is 0 Å². The highest BCUT2D eigenvalue weighted by Gasteiger charge is 2.53. The van der Waals surface area contributed by atoms with Crippen LogP contribution in [0.1, 0.15) is 32.1 Å². The summed E-state index contributed by atoms with van der Waals surface area (Å²) in [6.07, 6.45) is 7.26. The van der Waals surface area contributed by atoms with Crippen molar-refractivity contribution < 1.29 is 5.11 Å². The van der Waals surface area contributed by atoms with Crippen LogP contribution in [0.2, 0.25) is 0 Å². The molecule has 0 aliphatic heterocycles. The van der Waals surface area contributed by atoms with E-state index in [-0.39, 0.29) is 0 Å². The minimum atomic E-state index is 0.463. The molecule has 3 fully saturated rings. The molecule has 0 aromatic carbocycles. The van der Waals surface area contributed by atoms with Crippen LogP contribution >= 0.6 is 0 Å². The first-order valence-electron chi connectivity index (χ1n) is 5.51. The minimum Gasteiger partial charge on any atom is -0.396 e. The van der Waals surface area contributed by atoms with Gasteiger partial charge in [-0.25, -0.2) is 0 Å². The highest BCUT2D eigenvalue weighted by molar-refractivity contribution is 5.02. The Morgan fingerprint density at radius 2 is 1.83 bits per heavy atom. The molecule has 1 nitrogen and oxygen atoms in total. The lowest BCUT2D eigenvalue weighted by atomic mass is 9.76. The zero-order valence-corrected chi connectivity index (χ0v) is 7.58. The predicted molar refractivity (Wildman–Crippen MR) is 47.6 cm³/mol. The lowest BCUT2D eigenvalue weighted by Gasteiger charge is -2.30. The third kappa shape index (κ3) is 0.783. The first-order chi connectivity index (χ1) is 5.90. The Hall–Kier alpha value is -0.0400. The van der Waals surface area contributed by atoms with Gasteiger partial charge in [-0.15, -0.1) is 0 Å². The molecule has 5 atom stereocenters. The summed E-state index contributed by atoms with van der Waals surface area (Å²) in [6, 6.07) is 0. The largest absolute Gasteiger partial charge is 0.396 e. The highest BCUT2D eigenvalue weighted by Crippen LogP contribution is 2.60. The molecule has 1 heteroatoms. The lowest BCUT2D eigenvalue weighted by molar-refractivity contribution is 0.121. The number of aliphatic hydroxyl groups excluding tert-OH is 1. The molecule has 3 aliphatic carbocycles. The molecule has 0 amide bonds. The van der Waals surface area contributed by atoms with Gasteiger partial charge in [-0.2, -0.15) is 0 Å². The molecule has 0 radical (unpaired) electrons. The van der Waals surface area contributed by atoms with Gasteiger partial charge in [0.05, 0.1) is 0 Å². The zero-order valence-electron chi connectivity index (χ0n) is 7.58. The monoisotopic (exact) mass is 166 g/mol. The van der Waals surface area contributed by atoms with Gasteiger partial charge in [0.15, 0.2) is 0 Å². The molecule has 0 unspecified atom stereocenters. The van der Waals surface area contributed by atoms with Crippen molar-refractivity contribution in [2.75, 3.05) is 6.61 Å². The quantitative estimate of drug-likeness (QED) is 0.632. The fourth-order valence-corrected chi connectivity index (χ4v) is 4.42. The van der Waals surface area contributed by atoms with E-state index in [0.717, 1.165) is 23.7 Å². The fourth-order valence-electron chi connectivity index (χ4n) is 4.42. The Morgan fingerprint density at radius 1 is 1.00 bits per heavy atom. The van der Waals surface area contributed by atoms with Crippen molar-refractivity contribution in [1.82, 2.24) is 0 Å². The average molecular weight is 166 g/mol. The predicted octanol–water partition coefficient (Wildman–Crippen LogP) is 2.05. The van der Waals surface area contributed by atoms with Crippen molar-refractivity contribution >= 4 is 0 Å². The van der Waals surface area contributed by atoms with Crippen LogP contribution in [0.25, 0.3) is 0 Å². The molecule has 3 aliphatic rings. The molecular formula is C11H18O. The van der Waals surface area contributed by atoms with E-state index >= 15 is 0 Å². The average Bonchev–Trinajstić information content (AvgIpc) is 2.75. The fraction of sp³-hybridized carbons (Fsp3) is 1.00. The molecule has 68 valence electrons. The summed E-state index contributed by atoms with van der Waals surface area (Å²) in [4.78, 5) is 0. The van der Waals surface area contributed by atoms with Gasteiger partial charge in [0.2, 0.25) is 0 Å². The van der Waals surface area contributed by atoms with E-state index in [0.29, 0.717) is 12.5 Å². The summed E-state index contributed by atoms with van der Waals surface area (Å²) in [5.41, 5.74) is 0. The van der Waals surface area contributed by atoms with Gasteiger partial charge in [-0.05, 0) is 55.3 Å². The molecule has 0 heterocycles. The van der Waals surface area contributed by atoms with E-state index in [2.05, 4.69) is 0 Å². The van der Waals surface area contributed by atoms with Gasteiger partial charge in [0, 0.05) is 6.61 Å². The molecule has 3 saturated carbocycles. The first-order valence-corrected chi connectivity index (χ1v) is 5.51. The third-order valence-electron chi connectivity index (χ3n) is 4.80. The summed E-state index contributed by atoms with van der Waals surface area (Å²) in [6.45, 7) is 0.463. The second-order valence-electron chi connectivity index (χ2n) is 5.10.